The zero-order valence-electron chi connectivity index (χ0n) is 11.9. The second-order valence-electron chi connectivity index (χ2n) is 5.35. The van der Waals surface area contributed by atoms with Crippen LogP contribution in [0.3, 0.4) is 0 Å². The van der Waals surface area contributed by atoms with Crippen molar-refractivity contribution in [3.63, 3.8) is 0 Å². The average Bonchev–Trinajstić information content (AvgIpc) is 3.04. The fraction of sp³-hybridized carbons (Fsp3) is 0.467. The number of likely N-dealkylation sites (tertiary alicyclic amines) is 1. The van der Waals surface area contributed by atoms with Crippen LogP contribution in [-0.4, -0.2) is 38.1 Å². The minimum absolute atomic E-state index is 0.336. The third-order valence-corrected chi connectivity index (χ3v) is 4.12. The van der Waals surface area contributed by atoms with Crippen molar-refractivity contribution < 1.29 is 14.3 Å². The fourth-order valence-corrected chi connectivity index (χ4v) is 3.11. The van der Waals surface area contributed by atoms with Crippen molar-refractivity contribution in [2.75, 3.05) is 6.54 Å². The van der Waals surface area contributed by atoms with Gasteiger partial charge in [-0.2, -0.15) is 0 Å². The predicted octanol–water partition coefficient (Wildman–Crippen LogP) is 2.24. The van der Waals surface area contributed by atoms with Gasteiger partial charge in [-0.15, -0.1) is 0 Å². The number of rotatable bonds is 4. The third-order valence-electron chi connectivity index (χ3n) is 4.12. The second-order valence-corrected chi connectivity index (χ2v) is 5.35. The summed E-state index contributed by atoms with van der Waals surface area (Å²) in [5.41, 5.74) is 1.12. The highest BCUT2D eigenvalue weighted by molar-refractivity contribution is 5.77. The molecular formula is C15H18FN3O2. The Hall–Kier alpha value is -1.95. The molecule has 0 amide bonds. The van der Waals surface area contributed by atoms with Gasteiger partial charge in [0.25, 0.3) is 0 Å². The van der Waals surface area contributed by atoms with Crippen molar-refractivity contribution >= 4 is 17.0 Å². The van der Waals surface area contributed by atoms with Gasteiger partial charge in [0.15, 0.2) is 5.82 Å². The Labute approximate surface area is 122 Å². The van der Waals surface area contributed by atoms with E-state index in [2.05, 4.69) is 4.98 Å². The minimum atomic E-state index is -0.794. The lowest BCUT2D eigenvalue weighted by Gasteiger charge is -2.20. The number of fused-ring (bicyclic) bond motifs is 1. The number of benzene rings is 1. The summed E-state index contributed by atoms with van der Waals surface area (Å²) in [7, 11) is 0. The van der Waals surface area contributed by atoms with E-state index in [0.29, 0.717) is 25.0 Å². The molecule has 21 heavy (non-hydrogen) atoms. The number of nitrogens with zero attached hydrogens (tertiary/aromatic N) is 3. The van der Waals surface area contributed by atoms with Crippen molar-refractivity contribution in [2.45, 2.75) is 38.9 Å². The molecule has 0 bridgehead atoms. The summed E-state index contributed by atoms with van der Waals surface area (Å²) >= 11 is 0. The molecule has 3 rings (SSSR count). The van der Waals surface area contributed by atoms with E-state index in [4.69, 9.17) is 0 Å². The molecule has 1 aromatic heterocycles. The summed E-state index contributed by atoms with van der Waals surface area (Å²) < 4.78 is 15.8. The minimum Gasteiger partial charge on any atom is -0.480 e. The van der Waals surface area contributed by atoms with Crippen LogP contribution in [0.4, 0.5) is 4.39 Å². The molecule has 0 spiro atoms. The van der Waals surface area contributed by atoms with Crippen LogP contribution in [0.1, 0.15) is 25.6 Å². The SMILES string of the molecule is CCn1c(CN2CCC[C@H]2C(=O)O)nc2c(F)cccc21. The zero-order valence-corrected chi connectivity index (χ0v) is 11.9. The molecule has 0 saturated carbocycles. The van der Waals surface area contributed by atoms with Crippen molar-refractivity contribution in [2.24, 2.45) is 0 Å². The number of hydrogen-bond acceptors (Lipinski definition) is 3. The van der Waals surface area contributed by atoms with E-state index in [0.717, 1.165) is 24.3 Å². The fourth-order valence-electron chi connectivity index (χ4n) is 3.11. The summed E-state index contributed by atoms with van der Waals surface area (Å²) in [5, 5.41) is 9.24. The maximum atomic E-state index is 13.9. The number of halogens is 1. The summed E-state index contributed by atoms with van der Waals surface area (Å²) in [5.74, 6) is -0.402. The Morgan fingerprint density at radius 1 is 1.52 bits per heavy atom. The van der Waals surface area contributed by atoms with Gasteiger partial charge < -0.3 is 9.67 Å². The molecule has 5 nitrogen and oxygen atoms in total. The van der Waals surface area contributed by atoms with Gasteiger partial charge in [-0.3, -0.25) is 9.69 Å². The van der Waals surface area contributed by atoms with Crippen LogP contribution in [0.15, 0.2) is 18.2 Å². The van der Waals surface area contributed by atoms with Crippen LogP contribution >= 0.6 is 0 Å². The van der Waals surface area contributed by atoms with Crippen LogP contribution in [0.2, 0.25) is 0 Å². The molecule has 2 heterocycles. The third kappa shape index (κ3) is 2.40. The Balaban J connectivity index is 1.97. The van der Waals surface area contributed by atoms with Crippen LogP contribution in [0.5, 0.6) is 0 Å². The molecule has 1 aromatic carbocycles. The molecule has 6 heteroatoms. The van der Waals surface area contributed by atoms with Crippen molar-refractivity contribution in [3.05, 3.63) is 29.8 Å². The van der Waals surface area contributed by atoms with Gasteiger partial charge in [-0.25, -0.2) is 9.37 Å². The molecule has 1 aliphatic rings. The molecule has 1 saturated heterocycles. The number of aryl methyl sites for hydroxylation is 1. The smallest absolute Gasteiger partial charge is 0.320 e. The van der Waals surface area contributed by atoms with E-state index in [9.17, 15) is 14.3 Å². The molecule has 0 radical (unpaired) electrons. The number of para-hydroxylation sites is 1. The van der Waals surface area contributed by atoms with Crippen molar-refractivity contribution in [1.29, 1.82) is 0 Å². The van der Waals surface area contributed by atoms with Gasteiger partial charge in [0, 0.05) is 6.54 Å². The standard InChI is InChI=1S/C15H18FN3O2/c1-2-19-11-6-3-5-10(16)14(11)17-13(19)9-18-8-4-7-12(18)15(20)21/h3,5-6,12H,2,4,7-9H2,1H3,(H,20,21)/t12-/m0/s1. The van der Waals surface area contributed by atoms with E-state index in [1.807, 2.05) is 22.5 Å². The van der Waals surface area contributed by atoms with Crippen LogP contribution < -0.4 is 0 Å². The molecule has 112 valence electrons. The zero-order chi connectivity index (χ0) is 15.0. The number of carboxylic acid groups (broad SMARTS) is 1. The molecule has 2 aromatic rings. The maximum absolute atomic E-state index is 13.9. The first-order valence-electron chi connectivity index (χ1n) is 7.22. The lowest BCUT2D eigenvalue weighted by molar-refractivity contribution is -0.142. The lowest BCUT2D eigenvalue weighted by Crippen LogP contribution is -2.36. The Morgan fingerprint density at radius 2 is 2.33 bits per heavy atom. The average molecular weight is 291 g/mol. The highest BCUT2D eigenvalue weighted by Gasteiger charge is 2.31. The number of aromatic nitrogens is 2. The second kappa shape index (κ2) is 5.44. The highest BCUT2D eigenvalue weighted by Crippen LogP contribution is 2.24. The molecule has 1 aliphatic heterocycles. The van der Waals surface area contributed by atoms with E-state index >= 15 is 0 Å². The van der Waals surface area contributed by atoms with E-state index in [-0.39, 0.29) is 5.82 Å². The van der Waals surface area contributed by atoms with E-state index in [1.54, 1.807) is 6.07 Å². The molecule has 1 fully saturated rings. The molecule has 1 N–H and O–H groups in total. The van der Waals surface area contributed by atoms with Gasteiger partial charge in [0.05, 0.1) is 12.1 Å². The molecule has 0 aliphatic carbocycles. The van der Waals surface area contributed by atoms with Gasteiger partial charge in [0.1, 0.15) is 17.4 Å². The van der Waals surface area contributed by atoms with E-state index < -0.39 is 12.0 Å². The van der Waals surface area contributed by atoms with Gasteiger partial charge in [0.2, 0.25) is 0 Å². The Bertz CT molecular complexity index is 683. The number of hydrogen-bond donors (Lipinski definition) is 1. The Morgan fingerprint density at radius 3 is 3.05 bits per heavy atom. The number of carboxylic acids is 1. The van der Waals surface area contributed by atoms with Gasteiger partial charge in [-0.1, -0.05) is 6.07 Å². The number of aliphatic carboxylic acids is 1. The first-order chi connectivity index (χ1) is 10.1. The monoisotopic (exact) mass is 291 g/mol. The first-order valence-corrected chi connectivity index (χ1v) is 7.22. The lowest BCUT2D eigenvalue weighted by atomic mass is 10.2. The van der Waals surface area contributed by atoms with Gasteiger partial charge >= 0.3 is 5.97 Å². The normalized spacial score (nSPS) is 19.4. The number of carbonyl (C=O) groups is 1. The summed E-state index contributed by atoms with van der Waals surface area (Å²) in [6.07, 6.45) is 1.54. The van der Waals surface area contributed by atoms with Crippen molar-refractivity contribution in [3.8, 4) is 0 Å². The first kappa shape index (κ1) is 14.0. The van der Waals surface area contributed by atoms with Crippen LogP contribution in [-0.2, 0) is 17.9 Å². The summed E-state index contributed by atoms with van der Waals surface area (Å²) in [6.45, 7) is 3.85. The molecule has 0 unspecified atom stereocenters. The van der Waals surface area contributed by atoms with Crippen molar-refractivity contribution in [1.82, 2.24) is 14.5 Å². The van der Waals surface area contributed by atoms with E-state index in [1.165, 1.54) is 6.07 Å². The number of imidazole rings is 1. The predicted molar refractivity (Wildman–Crippen MR) is 76.4 cm³/mol. The molecule has 1 atom stereocenters. The molecular weight excluding hydrogens is 273 g/mol. The van der Waals surface area contributed by atoms with Crippen LogP contribution in [0.25, 0.3) is 11.0 Å². The summed E-state index contributed by atoms with van der Waals surface area (Å²) in [6, 6.07) is 4.46. The highest BCUT2D eigenvalue weighted by atomic mass is 19.1. The largest absolute Gasteiger partial charge is 0.480 e. The Kier molecular flexibility index (Phi) is 3.63. The quantitative estimate of drug-likeness (QED) is 0.938. The topological polar surface area (TPSA) is 58.4 Å². The maximum Gasteiger partial charge on any atom is 0.320 e. The van der Waals surface area contributed by atoms with Gasteiger partial charge in [-0.05, 0) is 38.4 Å². The van der Waals surface area contributed by atoms with Crippen LogP contribution in [0, 0.1) is 5.82 Å². The summed E-state index contributed by atoms with van der Waals surface area (Å²) in [4.78, 5) is 17.6.